The molecule has 0 aliphatic carbocycles. The number of thiazole rings is 1. The number of aromatic nitrogens is 1. The van der Waals surface area contributed by atoms with Crippen molar-refractivity contribution >= 4 is 23.0 Å². The number of Topliss-reactive ketones (excluding diaryl/α,β-unsaturated/α-hetero) is 1. The van der Waals surface area contributed by atoms with Gasteiger partial charge in [0.05, 0.1) is 15.6 Å². The zero-order valence-corrected chi connectivity index (χ0v) is 11.8. The van der Waals surface area contributed by atoms with Crippen LogP contribution in [0.5, 0.6) is 0 Å². The molecule has 2 heterocycles. The van der Waals surface area contributed by atoms with Gasteiger partial charge in [0.1, 0.15) is 0 Å². The zero-order valence-electron chi connectivity index (χ0n) is 11.0. The van der Waals surface area contributed by atoms with Crippen LogP contribution in [0.25, 0.3) is 0 Å². The predicted molar refractivity (Wildman–Crippen MR) is 71.1 cm³/mol. The standard InChI is InChI=1S/C13H18N2O2S/c1-8-12(9(2)16)18-13(14-8)11-5-4-6-15(7-11)10(3)17/h11H,4-7H2,1-3H3. The van der Waals surface area contributed by atoms with Gasteiger partial charge in [-0.25, -0.2) is 4.98 Å². The molecular weight excluding hydrogens is 248 g/mol. The van der Waals surface area contributed by atoms with Crippen LogP contribution < -0.4 is 0 Å². The molecular formula is C13H18N2O2S. The first-order valence-corrected chi connectivity index (χ1v) is 7.04. The molecule has 1 aliphatic rings. The van der Waals surface area contributed by atoms with Gasteiger partial charge in [0.25, 0.3) is 0 Å². The first-order valence-electron chi connectivity index (χ1n) is 6.22. The monoisotopic (exact) mass is 266 g/mol. The predicted octanol–water partition coefficient (Wildman–Crippen LogP) is 2.38. The van der Waals surface area contributed by atoms with Crippen LogP contribution in [0, 0.1) is 6.92 Å². The number of carbonyl (C=O) groups excluding carboxylic acids is 2. The van der Waals surface area contributed by atoms with E-state index < -0.39 is 0 Å². The minimum atomic E-state index is 0.0792. The molecule has 1 aromatic heterocycles. The van der Waals surface area contributed by atoms with Crippen molar-refractivity contribution in [1.29, 1.82) is 0 Å². The highest BCUT2D eigenvalue weighted by molar-refractivity contribution is 7.13. The Morgan fingerprint density at radius 3 is 2.67 bits per heavy atom. The highest BCUT2D eigenvalue weighted by Gasteiger charge is 2.26. The largest absolute Gasteiger partial charge is 0.342 e. The topological polar surface area (TPSA) is 50.3 Å². The molecule has 1 unspecified atom stereocenters. The lowest BCUT2D eigenvalue weighted by molar-refractivity contribution is -0.130. The molecule has 0 N–H and O–H groups in total. The second kappa shape index (κ2) is 5.18. The van der Waals surface area contributed by atoms with E-state index in [-0.39, 0.29) is 11.7 Å². The second-order valence-electron chi connectivity index (χ2n) is 4.83. The summed E-state index contributed by atoms with van der Waals surface area (Å²) in [5.41, 5.74) is 0.822. The lowest BCUT2D eigenvalue weighted by Gasteiger charge is -2.30. The van der Waals surface area contributed by atoms with E-state index in [2.05, 4.69) is 4.98 Å². The van der Waals surface area contributed by atoms with E-state index in [0.29, 0.717) is 5.92 Å². The number of ketones is 1. The van der Waals surface area contributed by atoms with E-state index in [0.717, 1.165) is 41.5 Å². The molecule has 0 saturated carbocycles. The molecule has 1 amide bonds. The normalized spacial score (nSPS) is 19.9. The summed E-state index contributed by atoms with van der Waals surface area (Å²) in [6.45, 7) is 6.64. The molecule has 0 aromatic carbocycles. The maximum absolute atomic E-state index is 11.4. The third-order valence-electron chi connectivity index (χ3n) is 3.35. The van der Waals surface area contributed by atoms with Crippen LogP contribution in [0.4, 0.5) is 0 Å². The minimum absolute atomic E-state index is 0.0792. The Kier molecular flexibility index (Phi) is 3.80. The Balaban J connectivity index is 2.18. The number of nitrogens with zero attached hydrogens (tertiary/aromatic N) is 2. The number of carbonyl (C=O) groups is 2. The summed E-state index contributed by atoms with van der Waals surface area (Å²) in [6, 6.07) is 0. The van der Waals surface area contributed by atoms with Gasteiger partial charge in [-0.2, -0.15) is 0 Å². The van der Waals surface area contributed by atoms with Crippen LogP contribution in [0.1, 0.15) is 53.0 Å². The van der Waals surface area contributed by atoms with Gasteiger partial charge in [-0.15, -0.1) is 11.3 Å². The maximum atomic E-state index is 11.4. The molecule has 5 heteroatoms. The Bertz CT molecular complexity index is 481. The lowest BCUT2D eigenvalue weighted by atomic mass is 9.99. The number of hydrogen-bond acceptors (Lipinski definition) is 4. The van der Waals surface area contributed by atoms with Gasteiger partial charge in [-0.05, 0) is 19.8 Å². The maximum Gasteiger partial charge on any atom is 0.219 e. The van der Waals surface area contributed by atoms with Gasteiger partial charge in [0, 0.05) is 32.9 Å². The molecule has 1 aromatic rings. The van der Waals surface area contributed by atoms with Crippen molar-refractivity contribution in [2.75, 3.05) is 13.1 Å². The Morgan fingerprint density at radius 2 is 2.11 bits per heavy atom. The van der Waals surface area contributed by atoms with Crippen LogP contribution in [0.2, 0.25) is 0 Å². The average molecular weight is 266 g/mol. The van der Waals surface area contributed by atoms with Gasteiger partial charge < -0.3 is 4.90 Å². The summed E-state index contributed by atoms with van der Waals surface area (Å²) in [5, 5.41) is 1.00. The molecule has 0 spiro atoms. The fraction of sp³-hybridized carbons (Fsp3) is 0.615. The summed E-state index contributed by atoms with van der Waals surface area (Å²) >= 11 is 1.49. The van der Waals surface area contributed by atoms with Crippen molar-refractivity contribution in [3.05, 3.63) is 15.6 Å². The SMILES string of the molecule is CC(=O)c1sc(C2CCCN(C(C)=O)C2)nc1C. The van der Waals surface area contributed by atoms with Crippen LogP contribution in [0.3, 0.4) is 0 Å². The lowest BCUT2D eigenvalue weighted by Crippen LogP contribution is -2.37. The number of piperidine rings is 1. The van der Waals surface area contributed by atoms with E-state index in [9.17, 15) is 9.59 Å². The van der Waals surface area contributed by atoms with Crippen molar-refractivity contribution in [2.24, 2.45) is 0 Å². The third-order valence-corrected chi connectivity index (χ3v) is 4.77. The Hall–Kier alpha value is -1.23. The van der Waals surface area contributed by atoms with Gasteiger partial charge in [-0.1, -0.05) is 0 Å². The van der Waals surface area contributed by atoms with Crippen molar-refractivity contribution in [3.8, 4) is 0 Å². The van der Waals surface area contributed by atoms with Crippen molar-refractivity contribution in [3.63, 3.8) is 0 Å². The smallest absolute Gasteiger partial charge is 0.219 e. The van der Waals surface area contributed by atoms with Gasteiger partial charge in [0.15, 0.2) is 5.78 Å². The third kappa shape index (κ3) is 2.61. The fourth-order valence-electron chi connectivity index (χ4n) is 2.38. The molecule has 18 heavy (non-hydrogen) atoms. The molecule has 1 aliphatic heterocycles. The summed E-state index contributed by atoms with van der Waals surface area (Å²) in [6.07, 6.45) is 2.06. The Labute approximate surface area is 111 Å². The van der Waals surface area contributed by atoms with Gasteiger partial charge >= 0.3 is 0 Å². The van der Waals surface area contributed by atoms with Crippen molar-refractivity contribution in [1.82, 2.24) is 9.88 Å². The molecule has 1 fully saturated rings. The number of aryl methyl sites for hydroxylation is 1. The Morgan fingerprint density at radius 1 is 1.39 bits per heavy atom. The highest BCUT2D eigenvalue weighted by atomic mass is 32.1. The number of likely N-dealkylation sites (tertiary alicyclic amines) is 1. The van der Waals surface area contributed by atoms with Crippen LogP contribution in [-0.4, -0.2) is 34.7 Å². The number of amides is 1. The molecule has 98 valence electrons. The molecule has 1 saturated heterocycles. The molecule has 1 atom stereocenters. The highest BCUT2D eigenvalue weighted by Crippen LogP contribution is 2.31. The van der Waals surface area contributed by atoms with Gasteiger partial charge in [0.2, 0.25) is 5.91 Å². The zero-order chi connectivity index (χ0) is 13.3. The van der Waals surface area contributed by atoms with Crippen LogP contribution in [-0.2, 0) is 4.79 Å². The number of rotatable bonds is 2. The average Bonchev–Trinajstić information content (AvgIpc) is 2.71. The minimum Gasteiger partial charge on any atom is -0.342 e. The van der Waals surface area contributed by atoms with E-state index in [4.69, 9.17) is 0 Å². The quantitative estimate of drug-likeness (QED) is 0.772. The summed E-state index contributed by atoms with van der Waals surface area (Å²) in [4.78, 5) is 30.0. The van der Waals surface area contributed by atoms with Crippen LogP contribution >= 0.6 is 11.3 Å². The van der Waals surface area contributed by atoms with E-state index in [1.165, 1.54) is 11.3 Å². The van der Waals surface area contributed by atoms with Crippen molar-refractivity contribution in [2.45, 2.75) is 39.5 Å². The molecule has 0 bridgehead atoms. The fourth-order valence-corrected chi connectivity index (χ4v) is 3.47. The first kappa shape index (κ1) is 13.2. The van der Waals surface area contributed by atoms with Crippen molar-refractivity contribution < 1.29 is 9.59 Å². The van der Waals surface area contributed by atoms with Gasteiger partial charge in [-0.3, -0.25) is 9.59 Å². The second-order valence-corrected chi connectivity index (χ2v) is 5.86. The van der Waals surface area contributed by atoms with E-state index in [1.807, 2.05) is 11.8 Å². The van der Waals surface area contributed by atoms with E-state index in [1.54, 1.807) is 13.8 Å². The summed E-state index contributed by atoms with van der Waals surface area (Å²) < 4.78 is 0. The van der Waals surface area contributed by atoms with E-state index >= 15 is 0 Å². The molecule has 2 rings (SSSR count). The first-order chi connectivity index (χ1) is 8.49. The summed E-state index contributed by atoms with van der Waals surface area (Å²) in [5.74, 6) is 0.495. The van der Waals surface area contributed by atoms with Crippen LogP contribution in [0.15, 0.2) is 0 Å². The summed E-state index contributed by atoms with van der Waals surface area (Å²) in [7, 11) is 0. The number of hydrogen-bond donors (Lipinski definition) is 0. The molecule has 4 nitrogen and oxygen atoms in total. The molecule has 0 radical (unpaired) electrons.